The van der Waals surface area contributed by atoms with E-state index in [1.165, 1.54) is 0 Å². The van der Waals surface area contributed by atoms with Crippen LogP contribution in [-0.2, 0) is 9.47 Å². The van der Waals surface area contributed by atoms with Gasteiger partial charge in [0.05, 0.1) is 5.56 Å². The van der Waals surface area contributed by atoms with Gasteiger partial charge in [-0.3, -0.25) is 0 Å². The number of carbonyl (C=O) groups excluding carboxylic acids is 3. The molecule has 1 fully saturated rings. The van der Waals surface area contributed by atoms with Gasteiger partial charge in [0.1, 0.15) is 5.60 Å². The molecule has 0 radical (unpaired) electrons. The van der Waals surface area contributed by atoms with Crippen molar-refractivity contribution in [3.63, 3.8) is 0 Å². The maximum Gasteiger partial charge on any atom is 0.415 e. The number of amides is 2. The number of carbonyl (C=O) groups is 3. The van der Waals surface area contributed by atoms with E-state index in [4.69, 9.17) is 9.47 Å². The van der Waals surface area contributed by atoms with Crippen molar-refractivity contribution in [1.29, 1.82) is 0 Å². The molecule has 0 unspecified atom stereocenters. The molecule has 2 N–H and O–H groups in total. The third-order valence-corrected chi connectivity index (χ3v) is 4.30. The number of hydrogen-bond donors (Lipinski definition) is 2. The molecule has 0 bridgehead atoms. The lowest BCUT2D eigenvalue weighted by Gasteiger charge is -2.30. The molecular weight excluding hydrogens is 348 g/mol. The Morgan fingerprint density at radius 3 is 2.22 bits per heavy atom. The molecule has 0 spiro atoms. The van der Waals surface area contributed by atoms with Crippen molar-refractivity contribution in [3.05, 3.63) is 35.9 Å². The van der Waals surface area contributed by atoms with E-state index < -0.39 is 23.8 Å². The quantitative estimate of drug-likeness (QED) is 0.618. The van der Waals surface area contributed by atoms with Gasteiger partial charge in [-0.2, -0.15) is 0 Å². The second-order valence-electron chi connectivity index (χ2n) is 7.79. The summed E-state index contributed by atoms with van der Waals surface area (Å²) in [5.74, 6) is -0.376. The smallest absolute Gasteiger partial charge is 0.415 e. The Kier molecular flexibility index (Phi) is 7.21. The molecule has 7 nitrogen and oxygen atoms in total. The first-order chi connectivity index (χ1) is 12.7. The standard InChI is InChI=1S/C20H28N2O5/c1-20(2,3)27-19(25)22-16-11-9-14(10-12-16)13-21-18(24)26-17(23)15-7-5-4-6-8-15/h4-8,14,16H,9-13H2,1-3H3,(H,21,24)(H,22,25). The topological polar surface area (TPSA) is 93.7 Å². The lowest BCUT2D eigenvalue weighted by Crippen LogP contribution is -2.42. The van der Waals surface area contributed by atoms with Crippen LogP contribution in [0.5, 0.6) is 0 Å². The van der Waals surface area contributed by atoms with Crippen molar-refractivity contribution >= 4 is 18.2 Å². The summed E-state index contributed by atoms with van der Waals surface area (Å²) in [6.07, 6.45) is 2.25. The van der Waals surface area contributed by atoms with E-state index in [-0.39, 0.29) is 6.04 Å². The lowest BCUT2D eigenvalue weighted by molar-refractivity contribution is 0.0487. The number of benzene rings is 1. The van der Waals surface area contributed by atoms with E-state index in [0.717, 1.165) is 25.7 Å². The van der Waals surface area contributed by atoms with Gasteiger partial charge in [-0.15, -0.1) is 0 Å². The van der Waals surface area contributed by atoms with Crippen LogP contribution in [0.1, 0.15) is 56.8 Å². The molecule has 1 aromatic rings. The second-order valence-corrected chi connectivity index (χ2v) is 7.79. The van der Waals surface area contributed by atoms with E-state index in [0.29, 0.717) is 18.0 Å². The number of ether oxygens (including phenoxy) is 2. The summed E-state index contributed by atoms with van der Waals surface area (Å²) >= 11 is 0. The fraction of sp³-hybridized carbons (Fsp3) is 0.550. The van der Waals surface area contributed by atoms with E-state index in [2.05, 4.69) is 10.6 Å². The first kappa shape index (κ1) is 20.7. The summed E-state index contributed by atoms with van der Waals surface area (Å²) in [4.78, 5) is 35.4. The monoisotopic (exact) mass is 376 g/mol. The third-order valence-electron chi connectivity index (χ3n) is 4.30. The van der Waals surface area contributed by atoms with Gasteiger partial charge in [-0.25, -0.2) is 14.4 Å². The van der Waals surface area contributed by atoms with E-state index in [1.54, 1.807) is 30.3 Å². The van der Waals surface area contributed by atoms with E-state index >= 15 is 0 Å². The van der Waals surface area contributed by atoms with Crippen LogP contribution in [0.2, 0.25) is 0 Å². The molecule has 27 heavy (non-hydrogen) atoms. The van der Waals surface area contributed by atoms with Gasteiger partial charge in [-0.05, 0) is 64.5 Å². The molecule has 148 valence electrons. The SMILES string of the molecule is CC(C)(C)OC(=O)NC1CCC(CNC(=O)OC(=O)c2ccccc2)CC1. The van der Waals surface area contributed by atoms with Gasteiger partial charge >= 0.3 is 18.2 Å². The summed E-state index contributed by atoms with van der Waals surface area (Å²) in [7, 11) is 0. The largest absolute Gasteiger partial charge is 0.444 e. The summed E-state index contributed by atoms with van der Waals surface area (Å²) in [6, 6.07) is 8.47. The van der Waals surface area contributed by atoms with Crippen LogP contribution in [0.15, 0.2) is 30.3 Å². The van der Waals surface area contributed by atoms with Gasteiger partial charge in [0, 0.05) is 12.6 Å². The molecule has 1 aliphatic carbocycles. The predicted octanol–water partition coefficient (Wildman–Crippen LogP) is 3.64. The molecule has 1 aromatic carbocycles. The average molecular weight is 376 g/mol. The number of alkyl carbamates (subject to hydrolysis) is 2. The first-order valence-corrected chi connectivity index (χ1v) is 9.27. The van der Waals surface area contributed by atoms with Crippen molar-refractivity contribution < 1.29 is 23.9 Å². The van der Waals surface area contributed by atoms with Crippen molar-refractivity contribution in [3.8, 4) is 0 Å². The molecule has 0 heterocycles. The summed E-state index contributed by atoms with van der Waals surface area (Å²) in [5, 5.41) is 5.53. The lowest BCUT2D eigenvalue weighted by atomic mass is 9.86. The Morgan fingerprint density at radius 1 is 1.00 bits per heavy atom. The minimum absolute atomic E-state index is 0.0858. The van der Waals surface area contributed by atoms with Gasteiger partial charge in [0.2, 0.25) is 0 Å². The summed E-state index contributed by atoms with van der Waals surface area (Å²) < 4.78 is 10.0. The van der Waals surface area contributed by atoms with Crippen molar-refractivity contribution in [2.75, 3.05) is 6.54 Å². The average Bonchev–Trinajstić information content (AvgIpc) is 2.60. The molecule has 0 aromatic heterocycles. The zero-order valence-corrected chi connectivity index (χ0v) is 16.1. The minimum Gasteiger partial charge on any atom is -0.444 e. The molecule has 7 heteroatoms. The number of esters is 1. The Labute approximate surface area is 159 Å². The Hall–Kier alpha value is -2.57. The van der Waals surface area contributed by atoms with Crippen molar-refractivity contribution in [2.45, 2.75) is 58.1 Å². The van der Waals surface area contributed by atoms with Crippen LogP contribution < -0.4 is 10.6 Å². The van der Waals surface area contributed by atoms with Crippen molar-refractivity contribution in [1.82, 2.24) is 10.6 Å². The predicted molar refractivity (Wildman–Crippen MR) is 100 cm³/mol. The van der Waals surface area contributed by atoms with Crippen LogP contribution in [0.25, 0.3) is 0 Å². The first-order valence-electron chi connectivity index (χ1n) is 9.27. The third kappa shape index (κ3) is 7.68. The fourth-order valence-electron chi connectivity index (χ4n) is 2.97. The van der Waals surface area contributed by atoms with E-state index in [1.807, 2.05) is 20.8 Å². The van der Waals surface area contributed by atoms with Crippen LogP contribution in [-0.4, -0.2) is 36.3 Å². The minimum atomic E-state index is -0.738. The second kappa shape index (κ2) is 9.39. The zero-order valence-electron chi connectivity index (χ0n) is 16.1. The molecule has 1 aliphatic rings. The zero-order chi connectivity index (χ0) is 19.9. The normalized spacial score (nSPS) is 19.7. The molecule has 0 aliphatic heterocycles. The highest BCUT2D eigenvalue weighted by molar-refractivity contribution is 5.96. The van der Waals surface area contributed by atoms with Gasteiger partial charge in [0.25, 0.3) is 0 Å². The molecule has 0 atom stereocenters. The maximum atomic E-state index is 11.8. The number of rotatable bonds is 4. The molecule has 2 rings (SSSR count). The Balaban J connectivity index is 1.65. The number of nitrogens with one attached hydrogen (secondary N) is 2. The maximum absolute atomic E-state index is 11.8. The summed E-state index contributed by atoms with van der Waals surface area (Å²) in [6.45, 7) is 5.93. The van der Waals surface area contributed by atoms with E-state index in [9.17, 15) is 14.4 Å². The van der Waals surface area contributed by atoms with Gasteiger partial charge < -0.3 is 20.1 Å². The Morgan fingerprint density at radius 2 is 1.63 bits per heavy atom. The van der Waals surface area contributed by atoms with Crippen LogP contribution in [0.4, 0.5) is 9.59 Å². The van der Waals surface area contributed by atoms with Crippen LogP contribution in [0.3, 0.4) is 0 Å². The van der Waals surface area contributed by atoms with Crippen molar-refractivity contribution in [2.24, 2.45) is 5.92 Å². The molecule has 2 amide bonds. The van der Waals surface area contributed by atoms with Gasteiger partial charge in [0.15, 0.2) is 0 Å². The summed E-state index contributed by atoms with van der Waals surface area (Å²) in [5.41, 5.74) is -0.177. The fourth-order valence-corrected chi connectivity index (χ4v) is 2.97. The van der Waals surface area contributed by atoms with Crippen LogP contribution >= 0.6 is 0 Å². The highest BCUT2D eigenvalue weighted by atomic mass is 16.6. The molecule has 1 saturated carbocycles. The highest BCUT2D eigenvalue weighted by Gasteiger charge is 2.25. The Bertz CT molecular complexity index is 646. The molecular formula is C20H28N2O5. The van der Waals surface area contributed by atoms with Crippen LogP contribution in [0, 0.1) is 5.92 Å². The molecule has 0 saturated heterocycles. The van der Waals surface area contributed by atoms with Gasteiger partial charge in [-0.1, -0.05) is 18.2 Å². The highest BCUT2D eigenvalue weighted by Crippen LogP contribution is 2.24. The number of hydrogen-bond acceptors (Lipinski definition) is 5.